The minimum absolute atomic E-state index is 0.125. The van der Waals surface area contributed by atoms with Gasteiger partial charge in [0.1, 0.15) is 11.6 Å². The van der Waals surface area contributed by atoms with Gasteiger partial charge in [-0.1, -0.05) is 13.8 Å². The molecule has 0 aliphatic rings. The second-order valence-corrected chi connectivity index (χ2v) is 4.04. The van der Waals surface area contributed by atoms with E-state index in [2.05, 4.69) is 10.6 Å². The van der Waals surface area contributed by atoms with Crippen molar-refractivity contribution in [2.45, 2.75) is 13.8 Å². The lowest BCUT2D eigenvalue weighted by molar-refractivity contribution is -0.126. The summed E-state index contributed by atoms with van der Waals surface area (Å²) in [6.45, 7) is 3.12. The molecule has 0 bridgehead atoms. The molecule has 0 saturated carbocycles. The fraction of sp³-hybridized carbons (Fsp3) is 0.333. The largest absolute Gasteiger partial charge is 0.347 e. The maximum absolute atomic E-state index is 13.2. The van der Waals surface area contributed by atoms with E-state index in [9.17, 15) is 18.4 Å². The number of rotatable bonds is 4. The van der Waals surface area contributed by atoms with Crippen LogP contribution in [0.4, 0.5) is 14.5 Å². The first-order chi connectivity index (χ1) is 8.40. The fourth-order valence-electron chi connectivity index (χ4n) is 1.16. The molecule has 0 fully saturated rings. The second kappa shape index (κ2) is 6.09. The first-order valence-electron chi connectivity index (χ1n) is 5.42. The third-order valence-electron chi connectivity index (χ3n) is 2.15. The average molecular weight is 256 g/mol. The predicted octanol–water partition coefficient (Wildman–Crippen LogP) is 1.68. The van der Waals surface area contributed by atoms with Crippen molar-refractivity contribution in [1.29, 1.82) is 0 Å². The number of carbonyl (C=O) groups excluding carboxylic acids is 2. The van der Waals surface area contributed by atoms with Crippen LogP contribution in [-0.2, 0) is 9.59 Å². The van der Waals surface area contributed by atoms with Crippen molar-refractivity contribution in [3.8, 4) is 0 Å². The smallest absolute Gasteiger partial charge is 0.243 e. The molecule has 98 valence electrons. The number of amides is 2. The van der Waals surface area contributed by atoms with Crippen molar-refractivity contribution in [3.63, 3.8) is 0 Å². The number of benzene rings is 1. The van der Waals surface area contributed by atoms with Crippen molar-refractivity contribution in [2.24, 2.45) is 5.92 Å². The van der Waals surface area contributed by atoms with Crippen molar-refractivity contribution < 1.29 is 18.4 Å². The Hall–Kier alpha value is -1.98. The lowest BCUT2D eigenvalue weighted by Gasteiger charge is -2.09. The van der Waals surface area contributed by atoms with Gasteiger partial charge in [0.25, 0.3) is 0 Å². The van der Waals surface area contributed by atoms with E-state index in [-0.39, 0.29) is 24.1 Å². The van der Waals surface area contributed by atoms with E-state index in [0.717, 1.165) is 12.1 Å². The van der Waals surface area contributed by atoms with Crippen LogP contribution in [0.5, 0.6) is 0 Å². The Balaban J connectivity index is 2.52. The minimum Gasteiger partial charge on any atom is -0.347 e. The van der Waals surface area contributed by atoms with Crippen LogP contribution < -0.4 is 10.6 Å². The van der Waals surface area contributed by atoms with Crippen LogP contribution >= 0.6 is 0 Å². The molecule has 0 aliphatic carbocycles. The number of halogens is 2. The standard InChI is InChI=1S/C12H14F2N2O2/c1-7(2)12(18)15-6-11(17)16-10-4-3-8(13)5-9(10)14/h3-5,7H,6H2,1-2H3,(H,15,18)(H,16,17). The summed E-state index contributed by atoms with van der Waals surface area (Å²) >= 11 is 0. The van der Waals surface area contributed by atoms with Crippen molar-refractivity contribution >= 4 is 17.5 Å². The van der Waals surface area contributed by atoms with E-state index in [0.29, 0.717) is 6.07 Å². The maximum Gasteiger partial charge on any atom is 0.243 e. The topological polar surface area (TPSA) is 58.2 Å². The minimum atomic E-state index is -0.862. The summed E-state index contributed by atoms with van der Waals surface area (Å²) < 4.78 is 25.8. The monoisotopic (exact) mass is 256 g/mol. The van der Waals surface area contributed by atoms with Gasteiger partial charge in [-0.3, -0.25) is 9.59 Å². The molecule has 6 heteroatoms. The average Bonchev–Trinajstić information content (AvgIpc) is 2.29. The number of hydrogen-bond donors (Lipinski definition) is 2. The second-order valence-electron chi connectivity index (χ2n) is 4.04. The molecule has 0 heterocycles. The molecule has 0 aliphatic heterocycles. The third kappa shape index (κ3) is 4.12. The van der Waals surface area contributed by atoms with Crippen LogP contribution in [0.3, 0.4) is 0 Å². The molecule has 1 aromatic carbocycles. The Labute approximate surface area is 103 Å². The summed E-state index contributed by atoms with van der Waals surface area (Å²) in [6.07, 6.45) is 0. The van der Waals surface area contributed by atoms with Crippen LogP contribution in [0, 0.1) is 17.6 Å². The molecule has 2 N–H and O–H groups in total. The molecule has 0 aromatic heterocycles. The summed E-state index contributed by atoms with van der Waals surface area (Å²) in [5, 5.41) is 4.62. The van der Waals surface area contributed by atoms with E-state index in [1.54, 1.807) is 13.8 Å². The van der Waals surface area contributed by atoms with Gasteiger partial charge in [0.15, 0.2) is 0 Å². The van der Waals surface area contributed by atoms with E-state index < -0.39 is 17.5 Å². The molecule has 4 nitrogen and oxygen atoms in total. The van der Waals surface area contributed by atoms with Crippen LogP contribution in [0.15, 0.2) is 18.2 Å². The Morgan fingerprint density at radius 3 is 2.50 bits per heavy atom. The lowest BCUT2D eigenvalue weighted by Crippen LogP contribution is -2.35. The van der Waals surface area contributed by atoms with Gasteiger partial charge in [-0.05, 0) is 12.1 Å². The Morgan fingerprint density at radius 1 is 1.28 bits per heavy atom. The first kappa shape index (κ1) is 14.1. The highest BCUT2D eigenvalue weighted by Crippen LogP contribution is 2.14. The molecule has 0 atom stereocenters. The predicted molar refractivity (Wildman–Crippen MR) is 62.8 cm³/mol. The van der Waals surface area contributed by atoms with E-state index in [1.807, 2.05) is 0 Å². The van der Waals surface area contributed by atoms with Crippen LogP contribution in [0.2, 0.25) is 0 Å². The van der Waals surface area contributed by atoms with Crippen LogP contribution in [0.1, 0.15) is 13.8 Å². The molecule has 0 radical (unpaired) electrons. The van der Waals surface area contributed by atoms with Gasteiger partial charge in [-0.15, -0.1) is 0 Å². The molecular weight excluding hydrogens is 242 g/mol. The quantitative estimate of drug-likeness (QED) is 0.861. The summed E-state index contributed by atoms with van der Waals surface area (Å²) in [4.78, 5) is 22.6. The number of hydrogen-bond acceptors (Lipinski definition) is 2. The van der Waals surface area contributed by atoms with Gasteiger partial charge >= 0.3 is 0 Å². The van der Waals surface area contributed by atoms with Gasteiger partial charge in [-0.25, -0.2) is 8.78 Å². The van der Waals surface area contributed by atoms with Crippen molar-refractivity contribution in [3.05, 3.63) is 29.8 Å². The molecule has 18 heavy (non-hydrogen) atoms. The summed E-state index contributed by atoms with van der Waals surface area (Å²) in [6, 6.07) is 2.82. The van der Waals surface area contributed by atoms with Gasteiger partial charge in [-0.2, -0.15) is 0 Å². The van der Waals surface area contributed by atoms with E-state index in [1.165, 1.54) is 0 Å². The van der Waals surface area contributed by atoms with Gasteiger partial charge in [0.05, 0.1) is 12.2 Å². The Bertz CT molecular complexity index is 461. The lowest BCUT2D eigenvalue weighted by atomic mass is 10.2. The zero-order valence-corrected chi connectivity index (χ0v) is 10.1. The van der Waals surface area contributed by atoms with E-state index in [4.69, 9.17) is 0 Å². The molecule has 0 spiro atoms. The Morgan fingerprint density at radius 2 is 1.94 bits per heavy atom. The molecular formula is C12H14F2N2O2. The third-order valence-corrected chi connectivity index (χ3v) is 2.15. The zero-order valence-electron chi connectivity index (χ0n) is 10.1. The van der Waals surface area contributed by atoms with Gasteiger partial charge in [0.2, 0.25) is 11.8 Å². The highest BCUT2D eigenvalue weighted by Gasteiger charge is 2.11. The highest BCUT2D eigenvalue weighted by molar-refractivity contribution is 5.94. The summed E-state index contributed by atoms with van der Waals surface area (Å²) in [7, 11) is 0. The fourth-order valence-corrected chi connectivity index (χ4v) is 1.16. The Kier molecular flexibility index (Phi) is 4.76. The van der Waals surface area contributed by atoms with Crippen molar-refractivity contribution in [2.75, 3.05) is 11.9 Å². The normalized spacial score (nSPS) is 10.3. The number of anilines is 1. The summed E-state index contributed by atoms with van der Waals surface area (Å²) in [5.41, 5.74) is -0.125. The van der Waals surface area contributed by atoms with Crippen LogP contribution in [0.25, 0.3) is 0 Å². The SMILES string of the molecule is CC(C)C(=O)NCC(=O)Nc1ccc(F)cc1F. The number of nitrogens with one attached hydrogen (secondary N) is 2. The maximum atomic E-state index is 13.2. The number of carbonyl (C=O) groups is 2. The molecule has 1 aromatic rings. The molecule has 2 amide bonds. The highest BCUT2D eigenvalue weighted by atomic mass is 19.1. The van der Waals surface area contributed by atoms with Gasteiger partial charge in [0, 0.05) is 12.0 Å². The zero-order chi connectivity index (χ0) is 13.7. The van der Waals surface area contributed by atoms with Gasteiger partial charge < -0.3 is 10.6 Å². The molecule has 1 rings (SSSR count). The van der Waals surface area contributed by atoms with Crippen molar-refractivity contribution in [1.82, 2.24) is 5.32 Å². The first-order valence-corrected chi connectivity index (χ1v) is 5.42. The molecule has 0 unspecified atom stereocenters. The molecule has 0 saturated heterocycles. The van der Waals surface area contributed by atoms with Crippen LogP contribution in [-0.4, -0.2) is 18.4 Å². The van der Waals surface area contributed by atoms with E-state index >= 15 is 0 Å². The summed E-state index contributed by atoms with van der Waals surface area (Å²) in [5.74, 6) is -2.67.